The summed E-state index contributed by atoms with van der Waals surface area (Å²) in [5.41, 5.74) is 6.45. The van der Waals surface area contributed by atoms with Gasteiger partial charge in [0.2, 0.25) is 0 Å². The second kappa shape index (κ2) is 3.00. The van der Waals surface area contributed by atoms with Gasteiger partial charge in [-0.1, -0.05) is 0 Å². The lowest BCUT2D eigenvalue weighted by Gasteiger charge is -1.97. The van der Waals surface area contributed by atoms with Gasteiger partial charge in [-0.15, -0.1) is 0 Å². The summed E-state index contributed by atoms with van der Waals surface area (Å²) in [5, 5.41) is 0. The predicted molar refractivity (Wildman–Crippen MR) is 54.1 cm³/mol. The van der Waals surface area contributed by atoms with E-state index in [0.717, 1.165) is 12.8 Å². The first-order valence-corrected chi connectivity index (χ1v) is 4.42. The van der Waals surface area contributed by atoms with E-state index in [2.05, 4.69) is 50.2 Å². The predicted octanol–water partition coefficient (Wildman–Crippen LogP) is 1.87. The summed E-state index contributed by atoms with van der Waals surface area (Å²) in [6.07, 6.45) is 3.50. The number of pyridine rings is 1. The maximum absolute atomic E-state index is 5.63. The molecule has 2 nitrogen and oxygen atoms in total. The molecule has 0 fully saturated rings. The minimum absolute atomic E-state index is 0.825. The maximum atomic E-state index is 5.63. The van der Waals surface area contributed by atoms with E-state index in [0.29, 0.717) is 0 Å². The van der Waals surface area contributed by atoms with Crippen molar-refractivity contribution in [3.63, 3.8) is 0 Å². The van der Waals surface area contributed by atoms with Gasteiger partial charge in [-0.2, -0.15) is 0 Å². The lowest BCUT2D eigenvalue weighted by atomic mass is 10.4. The van der Waals surface area contributed by atoms with Crippen LogP contribution in [0.15, 0.2) is 12.4 Å². The van der Waals surface area contributed by atoms with Crippen LogP contribution in [0.1, 0.15) is 0 Å². The number of nitrogens with two attached hydrogens (primary N) is 1. The van der Waals surface area contributed by atoms with Gasteiger partial charge < -0.3 is 5.73 Å². The monoisotopic (exact) mass is 346 g/mol. The van der Waals surface area contributed by atoms with Gasteiger partial charge in [0.25, 0.3) is 0 Å². The van der Waals surface area contributed by atoms with Crippen molar-refractivity contribution in [1.29, 1.82) is 0 Å². The maximum Gasteiger partial charge on any atom is 0.0616 e. The van der Waals surface area contributed by atoms with Crippen LogP contribution in [0.25, 0.3) is 0 Å². The van der Waals surface area contributed by atoms with Gasteiger partial charge in [0.1, 0.15) is 0 Å². The summed E-state index contributed by atoms with van der Waals surface area (Å²) in [4.78, 5) is 3.95. The number of rotatable bonds is 0. The molecule has 0 saturated heterocycles. The van der Waals surface area contributed by atoms with E-state index in [1.165, 1.54) is 0 Å². The molecule has 0 aliphatic rings. The van der Waals surface area contributed by atoms with Crippen LogP contribution in [0.2, 0.25) is 0 Å². The van der Waals surface area contributed by atoms with Gasteiger partial charge in [-0.05, 0) is 45.2 Å². The molecule has 1 aromatic rings. The molecule has 48 valence electrons. The van der Waals surface area contributed by atoms with E-state index in [-0.39, 0.29) is 0 Å². The molecule has 1 heterocycles. The smallest absolute Gasteiger partial charge is 0.0616 e. The minimum atomic E-state index is 0.825. The first-order valence-electron chi connectivity index (χ1n) is 2.26. The Hall–Kier alpha value is 0.410. The highest BCUT2D eigenvalue weighted by Gasteiger charge is 1.97. The highest BCUT2D eigenvalue weighted by Crippen LogP contribution is 2.18. The Bertz CT molecular complexity index is 204. The summed E-state index contributed by atoms with van der Waals surface area (Å²) in [6, 6.07) is 0. The van der Waals surface area contributed by atoms with Crippen LogP contribution in [-0.4, -0.2) is 4.98 Å². The average molecular weight is 346 g/mol. The van der Waals surface area contributed by atoms with Gasteiger partial charge in [0.15, 0.2) is 0 Å². The highest BCUT2D eigenvalue weighted by atomic mass is 127. The topological polar surface area (TPSA) is 38.9 Å². The van der Waals surface area contributed by atoms with Crippen molar-refractivity contribution in [2.24, 2.45) is 0 Å². The highest BCUT2D eigenvalue weighted by molar-refractivity contribution is 14.1. The third-order valence-electron chi connectivity index (χ3n) is 0.890. The van der Waals surface area contributed by atoms with Crippen molar-refractivity contribution in [3.8, 4) is 0 Å². The molecule has 0 spiro atoms. The second-order valence-electron chi connectivity index (χ2n) is 1.52. The van der Waals surface area contributed by atoms with E-state index in [1.807, 2.05) is 0 Å². The van der Waals surface area contributed by atoms with Crippen LogP contribution < -0.4 is 5.73 Å². The fourth-order valence-electron chi connectivity index (χ4n) is 0.421. The van der Waals surface area contributed by atoms with Crippen molar-refractivity contribution in [2.75, 3.05) is 5.73 Å². The van der Waals surface area contributed by atoms with Gasteiger partial charge in [0.05, 0.1) is 12.8 Å². The normalized spacial score (nSPS) is 9.56. The van der Waals surface area contributed by atoms with E-state index in [1.54, 1.807) is 12.4 Å². The summed E-state index contributed by atoms with van der Waals surface area (Å²) in [7, 11) is 0. The molecule has 0 unspecified atom stereocenters. The Labute approximate surface area is 80.5 Å². The van der Waals surface area contributed by atoms with E-state index < -0.39 is 0 Å². The third kappa shape index (κ3) is 1.66. The number of halogens is 2. The number of nitrogens with zero attached hydrogens (tertiary/aromatic N) is 1. The van der Waals surface area contributed by atoms with E-state index in [9.17, 15) is 0 Å². The number of anilines is 1. The van der Waals surface area contributed by atoms with Crippen LogP contribution in [0.3, 0.4) is 0 Å². The summed E-state index contributed by atoms with van der Waals surface area (Å²) in [6.45, 7) is 0. The molecule has 0 aromatic carbocycles. The number of nitrogen functional groups attached to an aromatic ring is 1. The van der Waals surface area contributed by atoms with Gasteiger partial charge >= 0.3 is 0 Å². The molecule has 0 atom stereocenters. The molecule has 0 radical (unpaired) electrons. The van der Waals surface area contributed by atoms with Crippen molar-refractivity contribution in [3.05, 3.63) is 19.5 Å². The number of aromatic nitrogens is 1. The Morgan fingerprint density at radius 3 is 2.00 bits per heavy atom. The van der Waals surface area contributed by atoms with Crippen LogP contribution in [0.5, 0.6) is 0 Å². The van der Waals surface area contributed by atoms with Crippen molar-refractivity contribution in [2.45, 2.75) is 0 Å². The van der Waals surface area contributed by atoms with Crippen molar-refractivity contribution in [1.82, 2.24) is 4.98 Å². The Morgan fingerprint density at radius 2 is 1.67 bits per heavy atom. The fraction of sp³-hybridized carbons (Fsp3) is 0. The van der Waals surface area contributed by atoms with Crippen molar-refractivity contribution < 1.29 is 0 Å². The van der Waals surface area contributed by atoms with Gasteiger partial charge in [-0.25, -0.2) is 0 Å². The van der Waals surface area contributed by atoms with Crippen LogP contribution in [0, 0.1) is 7.14 Å². The molecule has 2 N–H and O–H groups in total. The lowest BCUT2D eigenvalue weighted by molar-refractivity contribution is 1.29. The van der Waals surface area contributed by atoms with Gasteiger partial charge in [0, 0.05) is 12.4 Å². The van der Waals surface area contributed by atoms with Crippen LogP contribution in [0.4, 0.5) is 5.69 Å². The van der Waals surface area contributed by atoms with E-state index >= 15 is 0 Å². The van der Waals surface area contributed by atoms with Crippen LogP contribution in [-0.2, 0) is 0 Å². The molecule has 0 aliphatic heterocycles. The third-order valence-corrected chi connectivity index (χ3v) is 2.61. The quantitative estimate of drug-likeness (QED) is 0.729. The summed E-state index contributed by atoms with van der Waals surface area (Å²) < 4.78 is 2.03. The molecule has 1 aromatic heterocycles. The van der Waals surface area contributed by atoms with Gasteiger partial charge in [-0.3, -0.25) is 4.98 Å². The van der Waals surface area contributed by atoms with Crippen LogP contribution >= 0.6 is 45.2 Å². The molecule has 0 amide bonds. The Kier molecular flexibility index (Phi) is 2.50. The zero-order chi connectivity index (χ0) is 6.85. The molecule has 0 bridgehead atoms. The van der Waals surface area contributed by atoms with E-state index in [4.69, 9.17) is 5.73 Å². The average Bonchev–Trinajstić information content (AvgIpc) is 1.83. The zero-order valence-corrected chi connectivity index (χ0v) is 8.75. The first-order chi connectivity index (χ1) is 4.22. The molecule has 0 aliphatic carbocycles. The number of hydrogen-bond donors (Lipinski definition) is 1. The second-order valence-corrected chi connectivity index (χ2v) is 3.84. The molecular formula is C5H4I2N2. The molecule has 9 heavy (non-hydrogen) atoms. The summed E-state index contributed by atoms with van der Waals surface area (Å²) in [5.74, 6) is 0. The molecule has 4 heteroatoms. The molecular weight excluding hydrogens is 342 g/mol. The zero-order valence-electron chi connectivity index (χ0n) is 4.44. The van der Waals surface area contributed by atoms with Crippen molar-refractivity contribution >= 4 is 50.9 Å². The molecule has 1 rings (SSSR count). The standard InChI is InChI=1S/C5H4I2N2/c6-3-1-9-2-4(7)5(3)8/h1-2H,(H2,8,9). The fourth-order valence-corrected chi connectivity index (χ4v) is 1.84. The Balaban J connectivity index is 3.25. The minimum Gasteiger partial charge on any atom is -0.397 e. The SMILES string of the molecule is Nc1c(I)cncc1I. The largest absolute Gasteiger partial charge is 0.397 e. The lowest BCUT2D eigenvalue weighted by Crippen LogP contribution is -1.93. The number of hydrogen-bond acceptors (Lipinski definition) is 2. The summed E-state index contributed by atoms with van der Waals surface area (Å²) >= 11 is 4.32. The molecule has 0 saturated carbocycles. The Morgan fingerprint density at radius 1 is 1.22 bits per heavy atom. The first kappa shape index (κ1) is 7.52.